The average Bonchev–Trinajstić information content (AvgIpc) is 2.38. The smallest absolute Gasteiger partial charge is 0.256 e. The summed E-state index contributed by atoms with van der Waals surface area (Å²) >= 11 is 1.48. The summed E-state index contributed by atoms with van der Waals surface area (Å²) in [7, 11) is 0. The summed E-state index contributed by atoms with van der Waals surface area (Å²) < 4.78 is 0. The molecule has 0 unspecified atom stereocenters. The number of carbonyl (C=O) groups excluding carboxylic acids is 1. The number of thioether (sulfide) groups is 1. The number of rotatable bonds is 2. The van der Waals surface area contributed by atoms with E-state index in [0.29, 0.717) is 31.5 Å². The molecule has 0 atom stereocenters. The highest BCUT2D eigenvalue weighted by Crippen LogP contribution is 2.24. The van der Waals surface area contributed by atoms with Gasteiger partial charge in [-0.1, -0.05) is 0 Å². The Hall–Kier alpha value is -1.07. The van der Waals surface area contributed by atoms with Gasteiger partial charge in [0.05, 0.1) is 11.2 Å². The Morgan fingerprint density at radius 3 is 2.78 bits per heavy atom. The topological polar surface area (TPSA) is 53.4 Å². The summed E-state index contributed by atoms with van der Waals surface area (Å²) in [6, 6.07) is 3.60. The molecule has 18 heavy (non-hydrogen) atoms. The molecule has 0 spiro atoms. The van der Waals surface area contributed by atoms with Gasteiger partial charge in [0.25, 0.3) is 5.91 Å². The minimum Gasteiger partial charge on any atom is -0.390 e. The molecule has 1 aromatic heterocycles. The molecule has 0 aromatic carbocycles. The van der Waals surface area contributed by atoms with Crippen molar-refractivity contribution >= 4 is 17.7 Å². The molecule has 0 bridgehead atoms. The number of hydrogen-bond acceptors (Lipinski definition) is 4. The van der Waals surface area contributed by atoms with Crippen molar-refractivity contribution in [2.75, 3.05) is 19.3 Å². The Labute approximate surface area is 111 Å². The lowest BCUT2D eigenvalue weighted by Gasteiger charge is -2.35. The van der Waals surface area contributed by atoms with Crippen LogP contribution in [0.15, 0.2) is 23.4 Å². The van der Waals surface area contributed by atoms with Crippen molar-refractivity contribution in [2.24, 2.45) is 0 Å². The molecule has 98 valence electrons. The summed E-state index contributed by atoms with van der Waals surface area (Å²) in [5.41, 5.74) is 0.0279. The van der Waals surface area contributed by atoms with Gasteiger partial charge in [0.1, 0.15) is 5.03 Å². The molecule has 0 aliphatic carbocycles. The Balaban J connectivity index is 2.13. The van der Waals surface area contributed by atoms with Gasteiger partial charge in [0, 0.05) is 19.3 Å². The van der Waals surface area contributed by atoms with Gasteiger partial charge < -0.3 is 10.0 Å². The molecule has 0 saturated carbocycles. The lowest BCUT2D eigenvalue weighted by molar-refractivity contribution is -0.00214. The van der Waals surface area contributed by atoms with E-state index >= 15 is 0 Å². The van der Waals surface area contributed by atoms with Crippen LogP contribution in [0.1, 0.15) is 30.1 Å². The van der Waals surface area contributed by atoms with Gasteiger partial charge in [-0.3, -0.25) is 4.79 Å². The maximum Gasteiger partial charge on any atom is 0.256 e. The minimum atomic E-state index is -0.631. The van der Waals surface area contributed by atoms with Crippen LogP contribution in [-0.2, 0) is 0 Å². The SMILES string of the molecule is CSc1ncccc1C(=O)N1CCC(C)(O)CC1. The molecule has 2 rings (SSSR count). The van der Waals surface area contributed by atoms with Crippen LogP contribution in [0.25, 0.3) is 0 Å². The van der Waals surface area contributed by atoms with Crippen molar-refractivity contribution in [3.8, 4) is 0 Å². The maximum atomic E-state index is 12.4. The number of piperidine rings is 1. The Morgan fingerprint density at radius 1 is 1.50 bits per heavy atom. The molecule has 0 radical (unpaired) electrons. The second kappa shape index (κ2) is 5.28. The van der Waals surface area contributed by atoms with E-state index in [0.717, 1.165) is 5.03 Å². The number of pyridine rings is 1. The van der Waals surface area contributed by atoms with Crippen LogP contribution < -0.4 is 0 Å². The standard InChI is InChI=1S/C13H18N2O2S/c1-13(17)5-8-15(9-6-13)12(16)10-4-3-7-14-11(10)18-2/h3-4,7,17H,5-6,8-9H2,1-2H3. The predicted molar refractivity (Wildman–Crippen MR) is 71.8 cm³/mol. The molecule has 5 heteroatoms. The number of aliphatic hydroxyl groups is 1. The lowest BCUT2D eigenvalue weighted by atomic mass is 9.93. The maximum absolute atomic E-state index is 12.4. The molecule has 2 heterocycles. The first-order chi connectivity index (χ1) is 8.53. The zero-order chi connectivity index (χ0) is 13.2. The quantitative estimate of drug-likeness (QED) is 0.829. The average molecular weight is 266 g/mol. The summed E-state index contributed by atoms with van der Waals surface area (Å²) in [6.45, 7) is 3.04. The Kier molecular flexibility index (Phi) is 3.92. The summed E-state index contributed by atoms with van der Waals surface area (Å²) in [5, 5.41) is 10.7. The van der Waals surface area contributed by atoms with E-state index < -0.39 is 5.60 Å². The highest BCUT2D eigenvalue weighted by molar-refractivity contribution is 7.98. The van der Waals surface area contributed by atoms with Crippen molar-refractivity contribution < 1.29 is 9.90 Å². The third-order valence-corrected chi connectivity index (χ3v) is 4.03. The molecule has 1 N–H and O–H groups in total. The highest BCUT2D eigenvalue weighted by Gasteiger charge is 2.30. The predicted octanol–water partition coefficient (Wildman–Crippen LogP) is 1.79. The van der Waals surface area contributed by atoms with Crippen molar-refractivity contribution in [3.05, 3.63) is 23.9 Å². The molecule has 1 aliphatic rings. The van der Waals surface area contributed by atoms with Gasteiger partial charge in [0.2, 0.25) is 0 Å². The van der Waals surface area contributed by atoms with E-state index in [2.05, 4.69) is 4.98 Å². The molecular weight excluding hydrogens is 248 g/mol. The Bertz CT molecular complexity index is 438. The van der Waals surface area contributed by atoms with Gasteiger partial charge in [-0.2, -0.15) is 0 Å². The van der Waals surface area contributed by atoms with Gasteiger partial charge in [-0.05, 0) is 38.2 Å². The second-order valence-electron chi connectivity index (χ2n) is 4.85. The van der Waals surface area contributed by atoms with Crippen LogP contribution in [0.5, 0.6) is 0 Å². The van der Waals surface area contributed by atoms with Crippen molar-refractivity contribution in [1.82, 2.24) is 9.88 Å². The molecule has 4 nitrogen and oxygen atoms in total. The van der Waals surface area contributed by atoms with Crippen LogP contribution in [0, 0.1) is 0 Å². The molecule has 1 aromatic rings. The zero-order valence-electron chi connectivity index (χ0n) is 10.7. The number of hydrogen-bond donors (Lipinski definition) is 1. The van der Waals surface area contributed by atoms with E-state index in [4.69, 9.17) is 0 Å². The van der Waals surface area contributed by atoms with Gasteiger partial charge in [0.15, 0.2) is 0 Å². The first kappa shape index (κ1) is 13.4. The molecular formula is C13H18N2O2S. The van der Waals surface area contributed by atoms with Gasteiger partial charge >= 0.3 is 0 Å². The zero-order valence-corrected chi connectivity index (χ0v) is 11.5. The third-order valence-electron chi connectivity index (χ3n) is 3.32. The van der Waals surface area contributed by atoms with Crippen LogP contribution >= 0.6 is 11.8 Å². The normalized spacial score (nSPS) is 18.7. The van der Waals surface area contributed by atoms with E-state index in [1.54, 1.807) is 17.2 Å². The van der Waals surface area contributed by atoms with Crippen molar-refractivity contribution in [2.45, 2.75) is 30.4 Å². The fraction of sp³-hybridized carbons (Fsp3) is 0.538. The molecule has 1 saturated heterocycles. The summed E-state index contributed by atoms with van der Waals surface area (Å²) in [6.07, 6.45) is 4.88. The highest BCUT2D eigenvalue weighted by atomic mass is 32.2. The second-order valence-corrected chi connectivity index (χ2v) is 5.64. The molecule has 1 fully saturated rings. The first-order valence-corrected chi connectivity index (χ1v) is 7.27. The third kappa shape index (κ3) is 2.84. The monoisotopic (exact) mass is 266 g/mol. The minimum absolute atomic E-state index is 0.0166. The molecule has 1 amide bonds. The fourth-order valence-corrected chi connectivity index (χ4v) is 2.62. The van der Waals surface area contributed by atoms with Crippen molar-refractivity contribution in [3.63, 3.8) is 0 Å². The van der Waals surface area contributed by atoms with Crippen LogP contribution in [0.3, 0.4) is 0 Å². The van der Waals surface area contributed by atoms with Crippen LogP contribution in [0.2, 0.25) is 0 Å². The van der Waals surface area contributed by atoms with E-state index in [1.807, 2.05) is 19.2 Å². The number of nitrogens with zero attached hydrogens (tertiary/aromatic N) is 2. The lowest BCUT2D eigenvalue weighted by Crippen LogP contribution is -2.45. The number of amides is 1. The largest absolute Gasteiger partial charge is 0.390 e. The first-order valence-electron chi connectivity index (χ1n) is 6.04. The summed E-state index contributed by atoms with van der Waals surface area (Å²) in [4.78, 5) is 18.4. The van der Waals surface area contributed by atoms with Crippen LogP contribution in [-0.4, -0.2) is 45.8 Å². The fourth-order valence-electron chi connectivity index (χ4n) is 2.08. The number of aromatic nitrogens is 1. The van der Waals surface area contributed by atoms with E-state index in [1.165, 1.54) is 11.8 Å². The van der Waals surface area contributed by atoms with E-state index in [-0.39, 0.29) is 5.91 Å². The van der Waals surface area contributed by atoms with Crippen LogP contribution in [0.4, 0.5) is 0 Å². The van der Waals surface area contributed by atoms with Crippen molar-refractivity contribution in [1.29, 1.82) is 0 Å². The summed E-state index contributed by atoms with van der Waals surface area (Å²) in [5.74, 6) is 0.0166. The van der Waals surface area contributed by atoms with Gasteiger partial charge in [-0.15, -0.1) is 11.8 Å². The molecule has 1 aliphatic heterocycles. The van der Waals surface area contributed by atoms with Gasteiger partial charge in [-0.25, -0.2) is 4.98 Å². The Morgan fingerprint density at radius 2 is 2.17 bits per heavy atom. The van der Waals surface area contributed by atoms with E-state index in [9.17, 15) is 9.90 Å². The number of carbonyl (C=O) groups is 1. The number of likely N-dealkylation sites (tertiary alicyclic amines) is 1.